The van der Waals surface area contributed by atoms with Gasteiger partial charge in [0.1, 0.15) is 17.7 Å². The van der Waals surface area contributed by atoms with Crippen molar-refractivity contribution in [3.63, 3.8) is 0 Å². The predicted octanol–water partition coefficient (Wildman–Crippen LogP) is 4.04. The molecule has 0 aliphatic rings. The summed E-state index contributed by atoms with van der Waals surface area (Å²) in [4.78, 5) is 28.3. The molecular formula is C26H21N4O3+. The second-order valence-electron chi connectivity index (χ2n) is 7.06. The number of aromatic nitrogens is 2. The molecule has 0 saturated carbocycles. The second kappa shape index (κ2) is 9.57. The zero-order valence-electron chi connectivity index (χ0n) is 17.6. The fourth-order valence-corrected chi connectivity index (χ4v) is 3.20. The Hall–Kier alpha value is -4.78. The van der Waals surface area contributed by atoms with Gasteiger partial charge in [-0.25, -0.2) is 4.57 Å². The molecule has 0 unspecified atom stereocenters. The number of rotatable bonds is 7. The Morgan fingerprint density at radius 3 is 2.36 bits per heavy atom. The van der Waals surface area contributed by atoms with Crippen LogP contribution in [0.25, 0.3) is 17.1 Å². The van der Waals surface area contributed by atoms with Gasteiger partial charge in [-0.05, 0) is 65.7 Å². The van der Waals surface area contributed by atoms with Gasteiger partial charge in [0.25, 0.3) is 5.91 Å². The third kappa shape index (κ3) is 5.11. The fraction of sp³-hybridized carbons (Fsp3) is 0. The Labute approximate surface area is 190 Å². The van der Waals surface area contributed by atoms with Crippen molar-refractivity contribution in [3.8, 4) is 28.6 Å². The number of nitrogens with one attached hydrogen (secondary N) is 1. The molecule has 0 aliphatic heterocycles. The summed E-state index contributed by atoms with van der Waals surface area (Å²) in [6.07, 6.45) is 4.70. The van der Waals surface area contributed by atoms with Crippen LogP contribution in [0.4, 0.5) is 5.69 Å². The van der Waals surface area contributed by atoms with Crippen LogP contribution >= 0.6 is 0 Å². The number of benzene rings is 2. The van der Waals surface area contributed by atoms with E-state index in [1.807, 2.05) is 42.5 Å². The lowest BCUT2D eigenvalue weighted by molar-refractivity contribution is -0.598. The summed E-state index contributed by atoms with van der Waals surface area (Å²) in [6.45, 7) is 3.45. The lowest BCUT2D eigenvalue weighted by Crippen LogP contribution is -2.32. The average molecular weight is 437 g/mol. The van der Waals surface area contributed by atoms with E-state index in [0.29, 0.717) is 34.1 Å². The molecule has 7 nitrogen and oxygen atoms in total. The highest BCUT2D eigenvalue weighted by molar-refractivity contribution is 5.99. The third-order valence-electron chi connectivity index (χ3n) is 4.77. The molecule has 162 valence electrons. The first-order chi connectivity index (χ1) is 16.0. The SMILES string of the molecule is C=CC(=O)Nc1ccc[n+](-c2ccc(C(N)=O)c(-c3ccc(Oc4ccccc4)cc3)n2)c1. The van der Waals surface area contributed by atoms with E-state index in [0.717, 1.165) is 5.75 Å². The van der Waals surface area contributed by atoms with Gasteiger partial charge in [-0.15, -0.1) is 0 Å². The van der Waals surface area contributed by atoms with E-state index in [-0.39, 0.29) is 5.91 Å². The van der Waals surface area contributed by atoms with Gasteiger partial charge in [-0.1, -0.05) is 24.8 Å². The van der Waals surface area contributed by atoms with Gasteiger partial charge < -0.3 is 15.8 Å². The normalized spacial score (nSPS) is 10.3. The van der Waals surface area contributed by atoms with Crippen molar-refractivity contribution in [3.05, 3.63) is 109 Å². The van der Waals surface area contributed by atoms with E-state index in [4.69, 9.17) is 10.5 Å². The summed E-state index contributed by atoms with van der Waals surface area (Å²) in [6, 6.07) is 23.6. The van der Waals surface area contributed by atoms with Crippen LogP contribution in [0.3, 0.4) is 0 Å². The predicted molar refractivity (Wildman–Crippen MR) is 125 cm³/mol. The first-order valence-corrected chi connectivity index (χ1v) is 10.1. The number of nitrogens with two attached hydrogens (primary N) is 1. The van der Waals surface area contributed by atoms with Gasteiger partial charge in [0, 0.05) is 11.6 Å². The summed E-state index contributed by atoms with van der Waals surface area (Å²) < 4.78 is 7.57. The molecule has 0 radical (unpaired) electrons. The molecule has 0 atom stereocenters. The van der Waals surface area contributed by atoms with E-state index < -0.39 is 5.91 Å². The molecular weight excluding hydrogens is 416 g/mol. The fourth-order valence-electron chi connectivity index (χ4n) is 3.20. The summed E-state index contributed by atoms with van der Waals surface area (Å²) in [5.74, 6) is 1.04. The molecule has 2 heterocycles. The molecule has 2 aromatic carbocycles. The van der Waals surface area contributed by atoms with Crippen LogP contribution in [0.15, 0.2) is 104 Å². The van der Waals surface area contributed by atoms with E-state index in [1.165, 1.54) is 6.08 Å². The number of carbonyl (C=O) groups is 2. The minimum atomic E-state index is -0.578. The molecule has 0 fully saturated rings. The Morgan fingerprint density at radius 2 is 1.67 bits per heavy atom. The van der Waals surface area contributed by atoms with Crippen molar-refractivity contribution in [1.82, 2.24) is 4.98 Å². The number of ether oxygens (including phenoxy) is 1. The van der Waals surface area contributed by atoms with Gasteiger partial charge in [0.15, 0.2) is 5.69 Å². The molecule has 4 rings (SSSR count). The number of hydrogen-bond acceptors (Lipinski definition) is 4. The van der Waals surface area contributed by atoms with E-state index in [1.54, 1.807) is 53.4 Å². The highest BCUT2D eigenvalue weighted by Gasteiger charge is 2.20. The molecule has 2 aromatic heterocycles. The van der Waals surface area contributed by atoms with Crippen LogP contribution in [-0.2, 0) is 4.79 Å². The smallest absolute Gasteiger partial charge is 0.328 e. The largest absolute Gasteiger partial charge is 0.457 e. The zero-order valence-corrected chi connectivity index (χ0v) is 17.6. The van der Waals surface area contributed by atoms with Crippen molar-refractivity contribution in [2.75, 3.05) is 5.32 Å². The topological polar surface area (TPSA) is 98.2 Å². The molecule has 2 amide bonds. The van der Waals surface area contributed by atoms with Crippen LogP contribution in [-0.4, -0.2) is 16.8 Å². The molecule has 0 bridgehead atoms. The zero-order chi connectivity index (χ0) is 23.2. The second-order valence-corrected chi connectivity index (χ2v) is 7.06. The third-order valence-corrected chi connectivity index (χ3v) is 4.77. The van der Waals surface area contributed by atoms with E-state index in [2.05, 4.69) is 16.9 Å². The van der Waals surface area contributed by atoms with Crippen molar-refractivity contribution in [2.24, 2.45) is 5.73 Å². The molecule has 4 aromatic rings. The first-order valence-electron chi connectivity index (χ1n) is 10.1. The monoisotopic (exact) mass is 437 g/mol. The molecule has 0 saturated heterocycles. The number of amides is 2. The maximum Gasteiger partial charge on any atom is 0.328 e. The van der Waals surface area contributed by atoms with Gasteiger partial charge in [0.2, 0.25) is 5.91 Å². The summed E-state index contributed by atoms with van der Waals surface area (Å²) in [5, 5.41) is 2.71. The number of pyridine rings is 2. The first kappa shape index (κ1) is 21.5. The van der Waals surface area contributed by atoms with E-state index in [9.17, 15) is 9.59 Å². The highest BCUT2D eigenvalue weighted by atomic mass is 16.5. The lowest BCUT2D eigenvalue weighted by Gasteiger charge is -2.07. The number of primary amides is 1. The Kier molecular flexibility index (Phi) is 6.22. The quantitative estimate of drug-likeness (QED) is 0.337. The number of nitrogens with zero attached hydrogens (tertiary/aromatic N) is 2. The van der Waals surface area contributed by atoms with E-state index >= 15 is 0 Å². The van der Waals surface area contributed by atoms with Crippen LogP contribution in [0.5, 0.6) is 11.5 Å². The van der Waals surface area contributed by atoms with Crippen LogP contribution in [0, 0.1) is 0 Å². The number of para-hydroxylation sites is 1. The minimum Gasteiger partial charge on any atom is -0.457 e. The molecule has 0 spiro atoms. The summed E-state index contributed by atoms with van der Waals surface area (Å²) in [7, 11) is 0. The summed E-state index contributed by atoms with van der Waals surface area (Å²) >= 11 is 0. The Balaban J connectivity index is 1.67. The number of carbonyl (C=O) groups excluding carboxylic acids is 2. The highest BCUT2D eigenvalue weighted by Crippen LogP contribution is 2.27. The lowest BCUT2D eigenvalue weighted by atomic mass is 10.0. The number of hydrogen-bond donors (Lipinski definition) is 2. The van der Waals surface area contributed by atoms with Gasteiger partial charge in [-0.2, -0.15) is 0 Å². The molecule has 0 aliphatic carbocycles. The van der Waals surface area contributed by atoms with Crippen molar-refractivity contribution < 1.29 is 18.9 Å². The van der Waals surface area contributed by atoms with Gasteiger partial charge in [0.05, 0.1) is 17.4 Å². The molecule has 33 heavy (non-hydrogen) atoms. The van der Waals surface area contributed by atoms with Crippen LogP contribution < -0.4 is 20.4 Å². The molecule has 7 heteroatoms. The standard InChI is InChI=1S/C26H20N4O3/c1-2-24(31)28-19-7-6-16-30(17-19)23-15-14-22(26(27)32)25(29-23)18-10-12-21(13-11-18)33-20-8-4-3-5-9-20/h2-17H,1H2,(H2-,27,28,31,32)/p+1. The summed E-state index contributed by atoms with van der Waals surface area (Å²) in [5.41, 5.74) is 7.63. The Morgan fingerprint density at radius 1 is 0.939 bits per heavy atom. The van der Waals surface area contributed by atoms with Crippen LogP contribution in [0.2, 0.25) is 0 Å². The maximum absolute atomic E-state index is 12.1. The minimum absolute atomic E-state index is 0.298. The average Bonchev–Trinajstić information content (AvgIpc) is 2.85. The maximum atomic E-state index is 12.1. The van der Waals surface area contributed by atoms with Crippen molar-refractivity contribution in [2.45, 2.75) is 0 Å². The van der Waals surface area contributed by atoms with Crippen molar-refractivity contribution >= 4 is 17.5 Å². The van der Waals surface area contributed by atoms with Gasteiger partial charge in [-0.3, -0.25) is 9.59 Å². The molecule has 3 N–H and O–H groups in total. The van der Waals surface area contributed by atoms with Crippen LogP contribution in [0.1, 0.15) is 10.4 Å². The van der Waals surface area contributed by atoms with Gasteiger partial charge >= 0.3 is 5.82 Å². The number of anilines is 1. The Bertz CT molecular complexity index is 1320. The van der Waals surface area contributed by atoms with Crippen molar-refractivity contribution in [1.29, 1.82) is 0 Å².